The molecule has 0 heterocycles. The minimum Gasteiger partial charge on any atom is -0.507 e. The van der Waals surface area contributed by atoms with Crippen molar-refractivity contribution in [2.24, 2.45) is 0 Å². The Hall–Kier alpha value is -2.76. The number of carbonyl (C=O) groups excluding carboxylic acids is 1. The standard InChI is InChI=1S/C22H21ClO5/c1-13-10-15-11-16(23)6-9-18(15)20(24)19(13)21(22(25)27-3)28-12-14-4-7-17(26-2)8-5-14/h4-11,21,24H,12H2,1-3H3. The first-order valence-electron chi connectivity index (χ1n) is 8.68. The number of methoxy groups -OCH3 is 2. The van der Waals surface area contributed by atoms with Crippen LogP contribution >= 0.6 is 11.6 Å². The summed E-state index contributed by atoms with van der Waals surface area (Å²) in [6.45, 7) is 1.98. The van der Waals surface area contributed by atoms with E-state index in [4.69, 9.17) is 25.8 Å². The zero-order valence-electron chi connectivity index (χ0n) is 15.9. The Kier molecular flexibility index (Phi) is 6.07. The van der Waals surface area contributed by atoms with Crippen LogP contribution in [0.5, 0.6) is 11.5 Å². The van der Waals surface area contributed by atoms with Gasteiger partial charge in [-0.1, -0.05) is 29.8 Å². The molecule has 0 amide bonds. The van der Waals surface area contributed by atoms with E-state index in [2.05, 4.69) is 0 Å². The first-order chi connectivity index (χ1) is 13.4. The monoisotopic (exact) mass is 400 g/mol. The lowest BCUT2D eigenvalue weighted by Crippen LogP contribution is -2.19. The Morgan fingerprint density at radius 1 is 1.11 bits per heavy atom. The third-order valence-electron chi connectivity index (χ3n) is 4.57. The number of ether oxygens (including phenoxy) is 3. The lowest BCUT2D eigenvalue weighted by atomic mass is 9.96. The minimum absolute atomic E-state index is 0.0169. The van der Waals surface area contributed by atoms with Gasteiger partial charge in [-0.25, -0.2) is 4.79 Å². The van der Waals surface area contributed by atoms with Crippen molar-refractivity contribution >= 4 is 28.3 Å². The molecular weight excluding hydrogens is 380 g/mol. The number of hydrogen-bond donors (Lipinski definition) is 1. The van der Waals surface area contributed by atoms with E-state index in [1.165, 1.54) is 7.11 Å². The number of phenolic OH excluding ortho intramolecular Hbond substituents is 1. The van der Waals surface area contributed by atoms with Crippen LogP contribution in [0.2, 0.25) is 5.02 Å². The first kappa shape index (κ1) is 20.0. The number of carbonyl (C=O) groups is 1. The summed E-state index contributed by atoms with van der Waals surface area (Å²) < 4.78 is 15.9. The van der Waals surface area contributed by atoms with Crippen LogP contribution < -0.4 is 4.74 Å². The average Bonchev–Trinajstić information content (AvgIpc) is 2.69. The molecule has 0 bridgehead atoms. The van der Waals surface area contributed by atoms with E-state index in [1.54, 1.807) is 25.3 Å². The minimum atomic E-state index is -1.06. The Bertz CT molecular complexity index is 998. The molecule has 0 saturated carbocycles. The van der Waals surface area contributed by atoms with E-state index in [9.17, 15) is 9.90 Å². The van der Waals surface area contributed by atoms with E-state index >= 15 is 0 Å². The van der Waals surface area contributed by atoms with Crippen molar-refractivity contribution in [3.05, 3.63) is 70.2 Å². The fourth-order valence-corrected chi connectivity index (χ4v) is 3.30. The van der Waals surface area contributed by atoms with Gasteiger partial charge in [-0.05, 0) is 53.8 Å². The van der Waals surface area contributed by atoms with Crippen LogP contribution in [0.25, 0.3) is 10.8 Å². The van der Waals surface area contributed by atoms with Crippen LogP contribution in [0.15, 0.2) is 48.5 Å². The molecule has 0 aromatic heterocycles. The lowest BCUT2D eigenvalue weighted by molar-refractivity contribution is -0.155. The van der Waals surface area contributed by atoms with E-state index in [1.807, 2.05) is 37.3 Å². The summed E-state index contributed by atoms with van der Waals surface area (Å²) in [4.78, 5) is 12.4. The van der Waals surface area contributed by atoms with E-state index in [-0.39, 0.29) is 12.4 Å². The highest BCUT2D eigenvalue weighted by atomic mass is 35.5. The molecule has 0 radical (unpaired) electrons. The molecule has 3 aromatic rings. The topological polar surface area (TPSA) is 65.0 Å². The highest BCUT2D eigenvalue weighted by Crippen LogP contribution is 2.38. The van der Waals surface area contributed by atoms with Gasteiger partial charge >= 0.3 is 5.97 Å². The van der Waals surface area contributed by atoms with Crippen LogP contribution in [-0.2, 0) is 20.9 Å². The van der Waals surface area contributed by atoms with E-state index in [0.29, 0.717) is 21.5 Å². The fraction of sp³-hybridized carbons (Fsp3) is 0.227. The number of hydrogen-bond acceptors (Lipinski definition) is 5. The zero-order valence-corrected chi connectivity index (χ0v) is 16.6. The Morgan fingerprint density at radius 3 is 2.46 bits per heavy atom. The fourth-order valence-electron chi connectivity index (χ4n) is 3.12. The third-order valence-corrected chi connectivity index (χ3v) is 4.81. The number of aromatic hydroxyl groups is 1. The van der Waals surface area contributed by atoms with Crippen molar-refractivity contribution in [2.75, 3.05) is 14.2 Å². The molecule has 1 N–H and O–H groups in total. The second kappa shape index (κ2) is 8.50. The zero-order chi connectivity index (χ0) is 20.3. The van der Waals surface area contributed by atoms with Gasteiger partial charge in [-0.3, -0.25) is 0 Å². The number of aryl methyl sites for hydroxylation is 1. The Morgan fingerprint density at radius 2 is 1.82 bits per heavy atom. The maximum Gasteiger partial charge on any atom is 0.339 e. The summed E-state index contributed by atoms with van der Waals surface area (Å²) in [5.41, 5.74) is 1.95. The van der Waals surface area contributed by atoms with Crippen molar-refractivity contribution in [1.29, 1.82) is 0 Å². The van der Waals surface area contributed by atoms with E-state index < -0.39 is 12.1 Å². The van der Waals surface area contributed by atoms with Gasteiger partial charge in [-0.15, -0.1) is 0 Å². The number of fused-ring (bicyclic) bond motifs is 1. The summed E-state index contributed by atoms with van der Waals surface area (Å²) in [6, 6.07) is 14.4. The van der Waals surface area contributed by atoms with Gasteiger partial charge < -0.3 is 19.3 Å². The van der Waals surface area contributed by atoms with Crippen molar-refractivity contribution in [3.8, 4) is 11.5 Å². The molecule has 0 aliphatic carbocycles. The second-order valence-corrected chi connectivity index (χ2v) is 6.82. The summed E-state index contributed by atoms with van der Waals surface area (Å²) in [6.07, 6.45) is -1.06. The number of rotatable bonds is 6. The molecule has 28 heavy (non-hydrogen) atoms. The summed E-state index contributed by atoms with van der Waals surface area (Å²) in [5, 5.41) is 12.8. The van der Waals surface area contributed by atoms with Gasteiger partial charge in [0.05, 0.1) is 20.8 Å². The molecule has 3 rings (SSSR count). The molecule has 1 unspecified atom stereocenters. The maximum atomic E-state index is 12.4. The normalized spacial score (nSPS) is 12.0. The van der Waals surface area contributed by atoms with Gasteiger partial charge in [0.1, 0.15) is 11.5 Å². The second-order valence-electron chi connectivity index (χ2n) is 6.38. The van der Waals surface area contributed by atoms with Crippen molar-refractivity contribution in [1.82, 2.24) is 0 Å². The maximum absolute atomic E-state index is 12.4. The molecule has 3 aromatic carbocycles. The van der Waals surface area contributed by atoms with Crippen molar-refractivity contribution in [2.45, 2.75) is 19.6 Å². The van der Waals surface area contributed by atoms with E-state index in [0.717, 1.165) is 16.7 Å². The highest BCUT2D eigenvalue weighted by Gasteiger charge is 2.28. The number of halogens is 1. The van der Waals surface area contributed by atoms with Crippen LogP contribution in [0.4, 0.5) is 0 Å². The molecule has 0 fully saturated rings. The molecule has 0 aliphatic rings. The summed E-state index contributed by atoms with van der Waals surface area (Å²) in [5.74, 6) is 0.131. The van der Waals surface area contributed by atoms with Crippen LogP contribution in [-0.4, -0.2) is 25.3 Å². The summed E-state index contributed by atoms with van der Waals surface area (Å²) >= 11 is 6.05. The predicted molar refractivity (Wildman–Crippen MR) is 108 cm³/mol. The SMILES string of the molecule is COC(=O)C(OCc1ccc(OC)cc1)c1c(C)cc2cc(Cl)ccc2c1O. The quantitative estimate of drug-likeness (QED) is 0.593. The van der Waals surface area contributed by atoms with Crippen LogP contribution in [0.1, 0.15) is 22.8 Å². The van der Waals surface area contributed by atoms with Crippen LogP contribution in [0, 0.1) is 6.92 Å². The third kappa shape index (κ3) is 4.06. The largest absolute Gasteiger partial charge is 0.507 e. The number of benzene rings is 3. The summed E-state index contributed by atoms with van der Waals surface area (Å²) in [7, 11) is 2.89. The predicted octanol–water partition coefficient (Wildman–Crippen LogP) is 4.95. The molecule has 0 spiro atoms. The molecule has 0 aliphatic heterocycles. The molecule has 5 nitrogen and oxygen atoms in total. The first-order valence-corrected chi connectivity index (χ1v) is 9.06. The Balaban J connectivity index is 1.97. The van der Waals surface area contributed by atoms with Crippen molar-refractivity contribution in [3.63, 3.8) is 0 Å². The molecule has 146 valence electrons. The smallest absolute Gasteiger partial charge is 0.339 e. The van der Waals surface area contributed by atoms with Gasteiger partial charge in [0, 0.05) is 16.0 Å². The van der Waals surface area contributed by atoms with Gasteiger partial charge in [0.25, 0.3) is 0 Å². The molecular formula is C22H21ClO5. The molecule has 6 heteroatoms. The van der Waals surface area contributed by atoms with Gasteiger partial charge in [-0.2, -0.15) is 0 Å². The molecule has 0 saturated heterocycles. The van der Waals surface area contributed by atoms with Gasteiger partial charge in [0.15, 0.2) is 6.10 Å². The average molecular weight is 401 g/mol. The number of phenols is 1. The Labute approximate surface area is 168 Å². The molecule has 1 atom stereocenters. The number of esters is 1. The highest BCUT2D eigenvalue weighted by molar-refractivity contribution is 6.31. The van der Waals surface area contributed by atoms with Crippen molar-refractivity contribution < 1.29 is 24.1 Å². The lowest BCUT2D eigenvalue weighted by Gasteiger charge is -2.20. The van der Waals surface area contributed by atoms with Crippen LogP contribution in [0.3, 0.4) is 0 Å². The van der Waals surface area contributed by atoms with Gasteiger partial charge in [0.2, 0.25) is 0 Å².